The SMILES string of the molecule is CCc1ccccc1-c1nc2c(c(NC)n1)CCC2. The van der Waals surface area contributed by atoms with Gasteiger partial charge in [-0.2, -0.15) is 0 Å². The summed E-state index contributed by atoms with van der Waals surface area (Å²) in [5.74, 6) is 1.87. The molecule has 0 saturated carbocycles. The van der Waals surface area contributed by atoms with E-state index >= 15 is 0 Å². The highest BCUT2D eigenvalue weighted by molar-refractivity contribution is 5.64. The first-order valence-corrected chi connectivity index (χ1v) is 6.99. The molecular formula is C16H19N3. The van der Waals surface area contributed by atoms with Gasteiger partial charge < -0.3 is 5.32 Å². The summed E-state index contributed by atoms with van der Waals surface area (Å²) < 4.78 is 0. The van der Waals surface area contributed by atoms with E-state index in [2.05, 4.69) is 36.5 Å². The molecule has 0 atom stereocenters. The van der Waals surface area contributed by atoms with Crippen LogP contribution in [0.15, 0.2) is 24.3 Å². The summed E-state index contributed by atoms with van der Waals surface area (Å²) in [4.78, 5) is 9.51. The normalized spacial score (nSPS) is 13.4. The van der Waals surface area contributed by atoms with Crippen LogP contribution in [0.4, 0.5) is 5.82 Å². The number of benzene rings is 1. The molecule has 0 aliphatic heterocycles. The largest absolute Gasteiger partial charge is 0.373 e. The molecule has 0 saturated heterocycles. The molecule has 0 unspecified atom stereocenters. The van der Waals surface area contributed by atoms with E-state index in [-0.39, 0.29) is 0 Å². The molecule has 0 bridgehead atoms. The van der Waals surface area contributed by atoms with Crippen molar-refractivity contribution in [1.82, 2.24) is 9.97 Å². The first-order valence-electron chi connectivity index (χ1n) is 6.99. The smallest absolute Gasteiger partial charge is 0.162 e. The quantitative estimate of drug-likeness (QED) is 0.912. The van der Waals surface area contributed by atoms with Crippen LogP contribution in [0, 0.1) is 0 Å². The summed E-state index contributed by atoms with van der Waals surface area (Å²) in [5, 5.41) is 3.22. The molecule has 98 valence electrons. The van der Waals surface area contributed by atoms with Crippen molar-refractivity contribution in [3.05, 3.63) is 41.1 Å². The minimum Gasteiger partial charge on any atom is -0.373 e. The number of rotatable bonds is 3. The summed E-state index contributed by atoms with van der Waals surface area (Å²) in [6.07, 6.45) is 4.37. The van der Waals surface area contributed by atoms with E-state index in [0.29, 0.717) is 0 Å². The number of nitrogens with zero attached hydrogens (tertiary/aromatic N) is 2. The highest BCUT2D eigenvalue weighted by atomic mass is 15.0. The van der Waals surface area contributed by atoms with Gasteiger partial charge in [-0.15, -0.1) is 0 Å². The van der Waals surface area contributed by atoms with Crippen molar-refractivity contribution in [3.63, 3.8) is 0 Å². The zero-order chi connectivity index (χ0) is 13.2. The Morgan fingerprint density at radius 1 is 1.16 bits per heavy atom. The van der Waals surface area contributed by atoms with Crippen molar-refractivity contribution >= 4 is 5.82 Å². The summed E-state index contributed by atoms with van der Waals surface area (Å²) in [5.41, 5.74) is 5.00. The molecule has 0 spiro atoms. The molecule has 1 aromatic carbocycles. The molecule has 1 aromatic heterocycles. The third-order valence-corrected chi connectivity index (χ3v) is 3.81. The second-order valence-electron chi connectivity index (χ2n) is 4.94. The van der Waals surface area contributed by atoms with Gasteiger partial charge in [-0.25, -0.2) is 9.97 Å². The summed E-state index contributed by atoms with van der Waals surface area (Å²) in [6, 6.07) is 8.42. The van der Waals surface area contributed by atoms with E-state index in [1.165, 1.54) is 23.2 Å². The van der Waals surface area contributed by atoms with E-state index in [4.69, 9.17) is 9.97 Å². The van der Waals surface area contributed by atoms with Gasteiger partial charge in [0.15, 0.2) is 5.82 Å². The van der Waals surface area contributed by atoms with Gasteiger partial charge in [-0.1, -0.05) is 31.2 Å². The fourth-order valence-corrected chi connectivity index (χ4v) is 2.81. The maximum atomic E-state index is 4.79. The van der Waals surface area contributed by atoms with E-state index in [9.17, 15) is 0 Å². The minimum absolute atomic E-state index is 0.863. The van der Waals surface area contributed by atoms with Crippen LogP contribution in [0.25, 0.3) is 11.4 Å². The summed E-state index contributed by atoms with van der Waals surface area (Å²) in [7, 11) is 1.94. The van der Waals surface area contributed by atoms with Crippen molar-refractivity contribution in [2.75, 3.05) is 12.4 Å². The molecule has 1 aliphatic carbocycles. The number of hydrogen-bond donors (Lipinski definition) is 1. The fourth-order valence-electron chi connectivity index (χ4n) is 2.81. The summed E-state index contributed by atoms with van der Waals surface area (Å²) in [6.45, 7) is 2.17. The third kappa shape index (κ3) is 2.09. The second kappa shape index (κ2) is 5.00. The van der Waals surface area contributed by atoms with Gasteiger partial charge >= 0.3 is 0 Å². The van der Waals surface area contributed by atoms with E-state index < -0.39 is 0 Å². The van der Waals surface area contributed by atoms with E-state index in [0.717, 1.165) is 36.5 Å². The lowest BCUT2D eigenvalue weighted by Gasteiger charge is -2.11. The summed E-state index contributed by atoms with van der Waals surface area (Å²) >= 11 is 0. The molecule has 3 rings (SSSR count). The molecule has 0 fully saturated rings. The first kappa shape index (κ1) is 12.2. The average Bonchev–Trinajstić information content (AvgIpc) is 2.94. The highest BCUT2D eigenvalue weighted by Gasteiger charge is 2.19. The lowest BCUT2D eigenvalue weighted by Crippen LogP contribution is -2.04. The Kier molecular flexibility index (Phi) is 3.20. The Labute approximate surface area is 114 Å². The van der Waals surface area contributed by atoms with Crippen LogP contribution in [0.5, 0.6) is 0 Å². The van der Waals surface area contributed by atoms with Crippen molar-refractivity contribution in [3.8, 4) is 11.4 Å². The van der Waals surface area contributed by atoms with Crippen LogP contribution in [0.1, 0.15) is 30.2 Å². The lowest BCUT2D eigenvalue weighted by molar-refractivity contribution is 0.900. The molecule has 3 heteroatoms. The topological polar surface area (TPSA) is 37.8 Å². The predicted octanol–water partition coefficient (Wildman–Crippen LogP) is 3.24. The standard InChI is InChI=1S/C16H19N3/c1-3-11-7-4-5-8-12(11)16-18-14-10-6-9-13(14)15(17-2)19-16/h4-5,7-8H,3,6,9-10H2,1-2H3,(H,17,18,19). The number of nitrogens with one attached hydrogen (secondary N) is 1. The zero-order valence-electron chi connectivity index (χ0n) is 11.5. The third-order valence-electron chi connectivity index (χ3n) is 3.81. The van der Waals surface area contributed by atoms with Crippen LogP contribution in [0.3, 0.4) is 0 Å². The zero-order valence-corrected chi connectivity index (χ0v) is 11.5. The lowest BCUT2D eigenvalue weighted by atomic mass is 10.0. The second-order valence-corrected chi connectivity index (χ2v) is 4.94. The van der Waals surface area contributed by atoms with Gasteiger partial charge in [-0.3, -0.25) is 0 Å². The predicted molar refractivity (Wildman–Crippen MR) is 78.4 cm³/mol. The maximum absolute atomic E-state index is 4.79. The Morgan fingerprint density at radius 2 is 2.00 bits per heavy atom. The van der Waals surface area contributed by atoms with Crippen LogP contribution < -0.4 is 5.32 Å². The van der Waals surface area contributed by atoms with Gasteiger partial charge in [-0.05, 0) is 31.2 Å². The molecule has 19 heavy (non-hydrogen) atoms. The van der Waals surface area contributed by atoms with Crippen LogP contribution in [-0.4, -0.2) is 17.0 Å². The van der Waals surface area contributed by atoms with Gasteiger partial charge in [0.25, 0.3) is 0 Å². The Morgan fingerprint density at radius 3 is 2.79 bits per heavy atom. The van der Waals surface area contributed by atoms with Crippen molar-refractivity contribution < 1.29 is 0 Å². The van der Waals surface area contributed by atoms with Crippen LogP contribution >= 0.6 is 0 Å². The van der Waals surface area contributed by atoms with E-state index in [1.54, 1.807) is 0 Å². The molecule has 0 radical (unpaired) electrons. The molecule has 3 nitrogen and oxygen atoms in total. The number of aryl methyl sites for hydroxylation is 2. The molecule has 1 heterocycles. The monoisotopic (exact) mass is 253 g/mol. The molecular weight excluding hydrogens is 234 g/mol. The van der Waals surface area contributed by atoms with Crippen molar-refractivity contribution in [2.24, 2.45) is 0 Å². The van der Waals surface area contributed by atoms with Gasteiger partial charge in [0.1, 0.15) is 5.82 Å². The average molecular weight is 253 g/mol. The van der Waals surface area contributed by atoms with Crippen LogP contribution in [0.2, 0.25) is 0 Å². The number of aromatic nitrogens is 2. The highest BCUT2D eigenvalue weighted by Crippen LogP contribution is 2.30. The molecule has 0 amide bonds. The van der Waals surface area contributed by atoms with Gasteiger partial charge in [0.2, 0.25) is 0 Å². The van der Waals surface area contributed by atoms with Gasteiger partial charge in [0, 0.05) is 23.9 Å². The Balaban J connectivity index is 2.15. The number of hydrogen-bond acceptors (Lipinski definition) is 3. The molecule has 1 N–H and O–H groups in total. The Bertz CT molecular complexity index is 605. The maximum Gasteiger partial charge on any atom is 0.162 e. The molecule has 1 aliphatic rings. The van der Waals surface area contributed by atoms with Crippen molar-refractivity contribution in [1.29, 1.82) is 0 Å². The minimum atomic E-state index is 0.863. The van der Waals surface area contributed by atoms with Gasteiger partial charge in [0.05, 0.1) is 0 Å². The van der Waals surface area contributed by atoms with Crippen LogP contribution in [-0.2, 0) is 19.3 Å². The number of fused-ring (bicyclic) bond motifs is 1. The molecule has 2 aromatic rings. The Hall–Kier alpha value is -1.90. The van der Waals surface area contributed by atoms with E-state index in [1.807, 2.05) is 7.05 Å². The fraction of sp³-hybridized carbons (Fsp3) is 0.375. The number of anilines is 1. The van der Waals surface area contributed by atoms with Crippen molar-refractivity contribution in [2.45, 2.75) is 32.6 Å². The first-order chi connectivity index (χ1) is 9.33.